The van der Waals surface area contributed by atoms with Crippen molar-refractivity contribution in [3.05, 3.63) is 30.3 Å². The maximum absolute atomic E-state index is 8.63. The Balaban J connectivity index is 0. The third kappa shape index (κ3) is 19.2. The molecule has 1 heterocycles. The van der Waals surface area contributed by atoms with E-state index in [0.717, 1.165) is 0 Å². The van der Waals surface area contributed by atoms with Gasteiger partial charge in [-0.2, -0.15) is 0 Å². The minimum atomic E-state index is 0. The van der Waals surface area contributed by atoms with Crippen LogP contribution < -0.4 is 51.4 Å². The molecule has 1 aromatic rings. The molecule has 0 aromatic heterocycles. The van der Waals surface area contributed by atoms with Gasteiger partial charge < -0.3 is 35.0 Å². The van der Waals surface area contributed by atoms with Crippen molar-refractivity contribution in [1.82, 2.24) is 0 Å². The van der Waals surface area contributed by atoms with Gasteiger partial charge in [0.15, 0.2) is 0 Å². The molecular formula is C18H31KO7. The summed E-state index contributed by atoms with van der Waals surface area (Å²) in [5, 5.41) is 8.63. The minimum absolute atomic E-state index is 0. The summed E-state index contributed by atoms with van der Waals surface area (Å²) >= 11 is 0. The van der Waals surface area contributed by atoms with Crippen molar-refractivity contribution in [2.75, 3.05) is 79.3 Å². The van der Waals surface area contributed by atoms with E-state index in [4.69, 9.17) is 33.5 Å². The first-order valence-electron chi connectivity index (χ1n) is 8.60. The Morgan fingerprint density at radius 1 is 0.500 bits per heavy atom. The standard InChI is InChI=1S/C12H24O6.C6H6O.K.H/c1-2-14-5-6-16-9-10-18-12-11-17-8-7-15-4-3-13-1;7-6-4-2-1-3-5-6;;/h1-12H2;1-5,7H;;/q;;+1;-1. The smallest absolute Gasteiger partial charge is 1.00 e. The van der Waals surface area contributed by atoms with Gasteiger partial charge in [-0.15, -0.1) is 0 Å². The number of ether oxygens (including phenoxy) is 6. The Hall–Kier alpha value is 0.416. The maximum atomic E-state index is 8.63. The predicted octanol–water partition coefficient (Wildman–Crippen LogP) is -1.39. The van der Waals surface area contributed by atoms with Crippen LogP contribution in [0.4, 0.5) is 0 Å². The molecule has 2 rings (SSSR count). The van der Waals surface area contributed by atoms with Crippen molar-refractivity contribution in [2.45, 2.75) is 0 Å². The molecule has 26 heavy (non-hydrogen) atoms. The topological polar surface area (TPSA) is 75.6 Å². The van der Waals surface area contributed by atoms with E-state index in [1.54, 1.807) is 24.3 Å². The molecule has 0 saturated carbocycles. The van der Waals surface area contributed by atoms with Crippen LogP contribution in [0.25, 0.3) is 0 Å². The molecule has 0 aliphatic carbocycles. The number of phenols is 1. The Labute approximate surface area is 200 Å². The van der Waals surface area contributed by atoms with Crippen LogP contribution in [-0.4, -0.2) is 84.4 Å². The van der Waals surface area contributed by atoms with Gasteiger partial charge in [-0.1, -0.05) is 18.2 Å². The van der Waals surface area contributed by atoms with Crippen LogP contribution in [0.15, 0.2) is 30.3 Å². The van der Waals surface area contributed by atoms with Crippen molar-refractivity contribution < 1.29 is 86.3 Å². The Morgan fingerprint density at radius 3 is 0.885 bits per heavy atom. The molecule has 1 aromatic carbocycles. The summed E-state index contributed by atoms with van der Waals surface area (Å²) in [5.74, 6) is 0.322. The van der Waals surface area contributed by atoms with Crippen molar-refractivity contribution >= 4 is 0 Å². The minimum Gasteiger partial charge on any atom is -1.00 e. The number of phenolic OH excluding ortho intramolecular Hbond substituents is 1. The predicted molar refractivity (Wildman–Crippen MR) is 94.1 cm³/mol. The SMILES string of the molecule is C1COCCOCCOCCOCCOCCO1.Oc1ccccc1.[H-].[K+]. The molecule has 7 nitrogen and oxygen atoms in total. The van der Waals surface area contributed by atoms with E-state index in [2.05, 4.69) is 0 Å². The zero-order valence-electron chi connectivity index (χ0n) is 16.8. The second-order valence-electron chi connectivity index (χ2n) is 5.01. The van der Waals surface area contributed by atoms with E-state index in [9.17, 15) is 0 Å². The second kappa shape index (κ2) is 21.7. The molecule has 0 radical (unpaired) electrons. The van der Waals surface area contributed by atoms with Crippen LogP contribution >= 0.6 is 0 Å². The van der Waals surface area contributed by atoms with Crippen LogP contribution in [0.5, 0.6) is 5.75 Å². The number of para-hydroxylation sites is 1. The number of hydrogen-bond acceptors (Lipinski definition) is 7. The van der Waals surface area contributed by atoms with Crippen LogP contribution in [0.1, 0.15) is 1.43 Å². The van der Waals surface area contributed by atoms with E-state index < -0.39 is 0 Å². The molecule has 0 atom stereocenters. The molecule has 1 saturated heterocycles. The summed E-state index contributed by atoms with van der Waals surface area (Å²) in [6.07, 6.45) is 0. The van der Waals surface area contributed by atoms with Gasteiger partial charge in [0.1, 0.15) is 5.75 Å². The zero-order chi connectivity index (χ0) is 17.8. The average Bonchev–Trinajstić information content (AvgIpc) is 2.63. The molecule has 8 heteroatoms. The van der Waals surface area contributed by atoms with Crippen molar-refractivity contribution in [3.63, 3.8) is 0 Å². The number of benzene rings is 1. The van der Waals surface area contributed by atoms with Gasteiger partial charge in [-0.05, 0) is 12.1 Å². The van der Waals surface area contributed by atoms with E-state index in [1.807, 2.05) is 6.07 Å². The van der Waals surface area contributed by atoms with Crippen molar-refractivity contribution in [3.8, 4) is 5.75 Å². The molecule has 146 valence electrons. The summed E-state index contributed by atoms with van der Waals surface area (Å²) in [6, 6.07) is 8.71. The second-order valence-corrected chi connectivity index (χ2v) is 5.01. The first kappa shape index (κ1) is 26.4. The van der Waals surface area contributed by atoms with E-state index in [1.165, 1.54) is 0 Å². The quantitative estimate of drug-likeness (QED) is 0.539. The van der Waals surface area contributed by atoms with Crippen LogP contribution in [0, 0.1) is 0 Å². The first-order valence-corrected chi connectivity index (χ1v) is 8.60. The fourth-order valence-corrected chi connectivity index (χ4v) is 1.75. The Bertz CT molecular complexity index is 312. The monoisotopic (exact) mass is 398 g/mol. The zero-order valence-corrected chi connectivity index (χ0v) is 18.9. The third-order valence-corrected chi connectivity index (χ3v) is 2.99. The van der Waals surface area contributed by atoms with E-state index >= 15 is 0 Å². The van der Waals surface area contributed by atoms with Gasteiger partial charge in [0.05, 0.1) is 79.3 Å². The van der Waals surface area contributed by atoms with Gasteiger partial charge in [-0.25, -0.2) is 0 Å². The normalized spacial score (nSPS) is 18.9. The summed E-state index contributed by atoms with van der Waals surface area (Å²) in [6.45, 7) is 7.04. The number of hydrogen-bond donors (Lipinski definition) is 1. The first-order chi connectivity index (χ1) is 12.4. The van der Waals surface area contributed by atoms with Crippen molar-refractivity contribution in [2.24, 2.45) is 0 Å². The molecule has 1 aliphatic rings. The molecule has 0 spiro atoms. The van der Waals surface area contributed by atoms with E-state index in [-0.39, 0.29) is 52.8 Å². The molecular weight excluding hydrogens is 367 g/mol. The molecule has 0 amide bonds. The maximum Gasteiger partial charge on any atom is 1.00 e. The number of rotatable bonds is 0. The van der Waals surface area contributed by atoms with Gasteiger partial charge >= 0.3 is 51.4 Å². The van der Waals surface area contributed by atoms with Gasteiger partial charge in [-0.3, -0.25) is 0 Å². The fourth-order valence-electron chi connectivity index (χ4n) is 1.75. The molecule has 1 aliphatic heterocycles. The third-order valence-electron chi connectivity index (χ3n) is 2.99. The molecule has 1 fully saturated rings. The fraction of sp³-hybridized carbons (Fsp3) is 0.667. The van der Waals surface area contributed by atoms with Crippen LogP contribution in [0.3, 0.4) is 0 Å². The van der Waals surface area contributed by atoms with Gasteiger partial charge in [0, 0.05) is 0 Å². The van der Waals surface area contributed by atoms with Crippen molar-refractivity contribution in [1.29, 1.82) is 0 Å². The summed E-state index contributed by atoms with van der Waals surface area (Å²) in [7, 11) is 0. The van der Waals surface area contributed by atoms with Crippen LogP contribution in [0.2, 0.25) is 0 Å². The molecule has 1 N–H and O–H groups in total. The summed E-state index contributed by atoms with van der Waals surface area (Å²) in [4.78, 5) is 0. The molecule has 0 bridgehead atoms. The van der Waals surface area contributed by atoms with E-state index in [0.29, 0.717) is 85.0 Å². The Morgan fingerprint density at radius 2 is 0.731 bits per heavy atom. The van der Waals surface area contributed by atoms with Crippen LogP contribution in [-0.2, 0) is 28.4 Å². The Kier molecular flexibility index (Phi) is 22.1. The molecule has 0 unspecified atom stereocenters. The summed E-state index contributed by atoms with van der Waals surface area (Å²) in [5.41, 5.74) is 0. The van der Waals surface area contributed by atoms with Gasteiger partial charge in [0.2, 0.25) is 0 Å². The average molecular weight is 399 g/mol. The summed E-state index contributed by atoms with van der Waals surface area (Å²) < 4.78 is 32.0. The van der Waals surface area contributed by atoms with Gasteiger partial charge in [0.25, 0.3) is 0 Å². The number of aromatic hydroxyl groups is 1. The largest absolute Gasteiger partial charge is 1.00 e.